The fourth-order valence-corrected chi connectivity index (χ4v) is 5.53. The minimum Gasteiger partial charge on any atom is -0.462 e. The van der Waals surface area contributed by atoms with Gasteiger partial charge in [-0.2, -0.15) is 0 Å². The van der Waals surface area contributed by atoms with Gasteiger partial charge in [0.1, 0.15) is 17.1 Å². The number of rotatable bonds is 8. The zero-order valence-corrected chi connectivity index (χ0v) is 20.1. The molecule has 0 bridgehead atoms. The van der Waals surface area contributed by atoms with Gasteiger partial charge in [-0.15, -0.1) is 11.3 Å². The SMILES string of the molecule is CCOC(=O)c1c(-c2ccccc2)csc1NC(=O)COC(=O)CN1C(=O)C2CCCCC2C1=O. The highest BCUT2D eigenvalue weighted by Gasteiger charge is 2.48. The van der Waals surface area contributed by atoms with Crippen molar-refractivity contribution in [2.24, 2.45) is 11.8 Å². The highest BCUT2D eigenvalue weighted by Crippen LogP contribution is 2.38. The Bertz CT molecular complexity index is 1120. The number of benzene rings is 1. The van der Waals surface area contributed by atoms with Crippen LogP contribution in [0.2, 0.25) is 0 Å². The summed E-state index contributed by atoms with van der Waals surface area (Å²) in [5.74, 6) is -3.47. The Kier molecular flexibility index (Phi) is 7.60. The lowest BCUT2D eigenvalue weighted by Crippen LogP contribution is -2.37. The van der Waals surface area contributed by atoms with Crippen LogP contribution in [0, 0.1) is 11.8 Å². The van der Waals surface area contributed by atoms with E-state index in [9.17, 15) is 24.0 Å². The van der Waals surface area contributed by atoms with E-state index in [-0.39, 0.29) is 40.8 Å². The molecule has 2 fully saturated rings. The second kappa shape index (κ2) is 10.8. The van der Waals surface area contributed by atoms with Crippen molar-refractivity contribution in [2.75, 3.05) is 25.1 Å². The average Bonchev–Trinajstić information content (AvgIpc) is 3.38. The third-order valence-corrected chi connectivity index (χ3v) is 7.09. The number of amides is 3. The molecule has 35 heavy (non-hydrogen) atoms. The van der Waals surface area contributed by atoms with Crippen LogP contribution in [0.1, 0.15) is 43.0 Å². The largest absolute Gasteiger partial charge is 0.462 e. The number of hydrogen-bond donors (Lipinski definition) is 1. The van der Waals surface area contributed by atoms with Gasteiger partial charge in [0.05, 0.1) is 18.4 Å². The number of ether oxygens (including phenoxy) is 2. The number of likely N-dealkylation sites (tertiary alicyclic amines) is 1. The molecular weight excluding hydrogens is 472 g/mol. The standard InChI is InChI=1S/C25H26N2O7S/c1-2-33-25(32)21-18(15-8-4-3-5-9-15)14-35-22(21)26-19(28)13-34-20(29)12-27-23(30)16-10-6-7-11-17(16)24(27)31/h3-5,8-9,14,16-17H,2,6-7,10-13H2,1H3,(H,26,28). The number of nitrogens with zero attached hydrogens (tertiary/aromatic N) is 1. The average molecular weight is 499 g/mol. The minimum absolute atomic E-state index is 0.170. The number of esters is 2. The molecule has 2 heterocycles. The Hall–Kier alpha value is -3.53. The molecule has 2 atom stereocenters. The fraction of sp³-hybridized carbons (Fsp3) is 0.400. The van der Waals surface area contributed by atoms with Crippen molar-refractivity contribution in [1.29, 1.82) is 0 Å². The lowest BCUT2D eigenvalue weighted by atomic mass is 9.81. The van der Waals surface area contributed by atoms with Gasteiger partial charge < -0.3 is 14.8 Å². The molecule has 4 rings (SSSR count). The van der Waals surface area contributed by atoms with Crippen molar-refractivity contribution >= 4 is 46.0 Å². The number of carbonyl (C=O) groups is 5. The van der Waals surface area contributed by atoms with Crippen molar-refractivity contribution in [2.45, 2.75) is 32.6 Å². The molecule has 3 amide bonds. The van der Waals surface area contributed by atoms with Crippen LogP contribution in [-0.4, -0.2) is 54.3 Å². The summed E-state index contributed by atoms with van der Waals surface area (Å²) < 4.78 is 10.2. The third-order valence-electron chi connectivity index (χ3n) is 6.19. The lowest BCUT2D eigenvalue weighted by Gasteiger charge is -2.19. The van der Waals surface area contributed by atoms with E-state index in [2.05, 4.69) is 5.32 Å². The van der Waals surface area contributed by atoms with Crippen LogP contribution in [0.5, 0.6) is 0 Å². The molecule has 1 aromatic carbocycles. The Balaban J connectivity index is 1.37. The maximum atomic E-state index is 12.6. The first-order valence-electron chi connectivity index (χ1n) is 11.6. The van der Waals surface area contributed by atoms with Crippen LogP contribution < -0.4 is 5.32 Å². The predicted molar refractivity (Wildman–Crippen MR) is 127 cm³/mol. The number of fused-ring (bicyclic) bond motifs is 1. The lowest BCUT2D eigenvalue weighted by molar-refractivity contribution is -0.154. The van der Waals surface area contributed by atoms with E-state index in [1.165, 1.54) is 0 Å². The van der Waals surface area contributed by atoms with Gasteiger partial charge in [0.15, 0.2) is 6.61 Å². The highest BCUT2D eigenvalue weighted by molar-refractivity contribution is 7.15. The maximum Gasteiger partial charge on any atom is 0.341 e. The minimum atomic E-state index is -0.845. The first-order valence-corrected chi connectivity index (χ1v) is 12.4. The summed E-state index contributed by atoms with van der Waals surface area (Å²) in [5, 5.41) is 4.62. The van der Waals surface area contributed by atoms with Crippen LogP contribution in [0.4, 0.5) is 5.00 Å². The Labute approximate surface area is 206 Å². The summed E-state index contributed by atoms with van der Waals surface area (Å²) in [6.07, 6.45) is 3.08. The van der Waals surface area contributed by atoms with Crippen LogP contribution in [-0.2, 0) is 28.7 Å². The molecule has 10 heteroatoms. The molecule has 2 unspecified atom stereocenters. The summed E-state index contributed by atoms with van der Waals surface area (Å²) in [7, 11) is 0. The monoisotopic (exact) mass is 498 g/mol. The van der Waals surface area contributed by atoms with Gasteiger partial charge >= 0.3 is 11.9 Å². The van der Waals surface area contributed by atoms with E-state index in [0.29, 0.717) is 18.4 Å². The van der Waals surface area contributed by atoms with Gasteiger partial charge in [-0.1, -0.05) is 43.2 Å². The van der Waals surface area contributed by atoms with Gasteiger partial charge in [-0.3, -0.25) is 24.1 Å². The summed E-state index contributed by atoms with van der Waals surface area (Å²) in [4.78, 5) is 63.4. The fourth-order valence-electron chi connectivity index (χ4n) is 4.56. The van der Waals surface area contributed by atoms with E-state index in [1.54, 1.807) is 12.3 Å². The topological polar surface area (TPSA) is 119 Å². The maximum absolute atomic E-state index is 12.6. The van der Waals surface area contributed by atoms with Gasteiger partial charge in [0.2, 0.25) is 11.8 Å². The van der Waals surface area contributed by atoms with Crippen molar-refractivity contribution in [3.05, 3.63) is 41.3 Å². The summed E-state index contributed by atoms with van der Waals surface area (Å²) in [6.45, 7) is 0.727. The van der Waals surface area contributed by atoms with E-state index in [4.69, 9.17) is 9.47 Å². The van der Waals surface area contributed by atoms with Crippen molar-refractivity contribution in [3.63, 3.8) is 0 Å². The number of anilines is 1. The number of nitrogens with one attached hydrogen (secondary N) is 1. The van der Waals surface area contributed by atoms with E-state index in [1.807, 2.05) is 30.3 Å². The van der Waals surface area contributed by atoms with E-state index < -0.39 is 31.0 Å². The molecular formula is C25H26N2O7S. The molecule has 2 aromatic rings. The molecule has 184 valence electrons. The Morgan fingerprint density at radius 2 is 1.69 bits per heavy atom. The second-order valence-electron chi connectivity index (χ2n) is 8.41. The third kappa shape index (κ3) is 5.27. The smallest absolute Gasteiger partial charge is 0.341 e. The van der Waals surface area contributed by atoms with Crippen LogP contribution in [0.3, 0.4) is 0 Å². The van der Waals surface area contributed by atoms with Gasteiger partial charge in [0, 0.05) is 10.9 Å². The summed E-state index contributed by atoms with van der Waals surface area (Å²) in [6, 6.07) is 9.22. The number of carbonyl (C=O) groups excluding carboxylic acids is 5. The van der Waals surface area contributed by atoms with Crippen LogP contribution in [0.15, 0.2) is 35.7 Å². The first kappa shape index (κ1) is 24.6. The van der Waals surface area contributed by atoms with E-state index >= 15 is 0 Å². The first-order chi connectivity index (χ1) is 16.9. The van der Waals surface area contributed by atoms with Crippen molar-refractivity contribution in [1.82, 2.24) is 4.90 Å². The van der Waals surface area contributed by atoms with Crippen molar-refractivity contribution in [3.8, 4) is 11.1 Å². The molecule has 2 aliphatic rings. The number of imide groups is 1. The summed E-state index contributed by atoms with van der Waals surface area (Å²) in [5.41, 5.74) is 1.63. The molecule has 1 aliphatic heterocycles. The Morgan fingerprint density at radius 1 is 1.03 bits per heavy atom. The molecule has 0 spiro atoms. The van der Waals surface area contributed by atoms with Crippen LogP contribution in [0.25, 0.3) is 11.1 Å². The van der Waals surface area contributed by atoms with Gasteiger partial charge in [-0.05, 0) is 25.3 Å². The number of hydrogen-bond acceptors (Lipinski definition) is 8. The Morgan fingerprint density at radius 3 is 2.31 bits per heavy atom. The molecule has 1 aromatic heterocycles. The molecule has 0 radical (unpaired) electrons. The zero-order valence-electron chi connectivity index (χ0n) is 19.3. The molecule has 9 nitrogen and oxygen atoms in total. The second-order valence-corrected chi connectivity index (χ2v) is 9.29. The van der Waals surface area contributed by atoms with Crippen molar-refractivity contribution < 1.29 is 33.4 Å². The zero-order chi connectivity index (χ0) is 24.9. The molecule has 1 aliphatic carbocycles. The molecule has 1 N–H and O–H groups in total. The molecule has 1 saturated carbocycles. The van der Waals surface area contributed by atoms with E-state index in [0.717, 1.165) is 34.6 Å². The van der Waals surface area contributed by atoms with Gasteiger partial charge in [0.25, 0.3) is 5.91 Å². The molecule has 1 saturated heterocycles. The normalized spacial score (nSPS) is 19.3. The predicted octanol–water partition coefficient (Wildman–Crippen LogP) is 3.25. The van der Waals surface area contributed by atoms with Gasteiger partial charge in [-0.25, -0.2) is 4.79 Å². The highest BCUT2D eigenvalue weighted by atomic mass is 32.1. The van der Waals surface area contributed by atoms with Crippen LogP contribution >= 0.6 is 11.3 Å². The summed E-state index contributed by atoms with van der Waals surface area (Å²) >= 11 is 1.16. The number of thiophene rings is 1. The quantitative estimate of drug-likeness (QED) is 0.438.